The minimum Gasteiger partial charge on any atom is -0.508 e. The molecule has 0 spiro atoms. The first kappa shape index (κ1) is 40.1. The SMILES string of the molecule is C=CCO[C@@]12Oc3ccc(O)cc3[C@H]3[C@H](CCCCO)[C@@H](CCCCO)C=C(C(=NOC4CCCCO4)C[C@@H]1N(CCC)C(=O)OCC(C)(C)C)[C@H]32. The van der Waals surface area contributed by atoms with Crippen molar-refractivity contribution in [3.8, 4) is 11.5 Å². The van der Waals surface area contributed by atoms with Crippen molar-refractivity contribution in [3.63, 3.8) is 0 Å². The lowest BCUT2D eigenvalue weighted by Gasteiger charge is -2.60. The maximum atomic E-state index is 14.2. The molecule has 1 saturated carbocycles. The van der Waals surface area contributed by atoms with E-state index in [2.05, 4.69) is 12.7 Å². The van der Waals surface area contributed by atoms with E-state index in [1.165, 1.54) is 0 Å². The second-order valence-corrected chi connectivity index (χ2v) is 16.0. The number of hydrogen-bond acceptors (Lipinski definition) is 10. The fourth-order valence-corrected chi connectivity index (χ4v) is 8.55. The van der Waals surface area contributed by atoms with E-state index in [0.29, 0.717) is 43.9 Å². The molecule has 5 rings (SSSR count). The van der Waals surface area contributed by atoms with Gasteiger partial charge < -0.3 is 39.1 Å². The van der Waals surface area contributed by atoms with Crippen LogP contribution in [0.5, 0.6) is 11.5 Å². The van der Waals surface area contributed by atoms with E-state index >= 15 is 0 Å². The second-order valence-electron chi connectivity index (χ2n) is 16.0. The Morgan fingerprint density at radius 1 is 1.13 bits per heavy atom. The molecule has 11 nitrogen and oxygen atoms in total. The quantitative estimate of drug-likeness (QED) is 0.0849. The first-order chi connectivity index (χ1) is 25.1. The largest absolute Gasteiger partial charge is 0.508 e. The second kappa shape index (κ2) is 18.3. The fraction of sp³-hybridized carbons (Fsp3) is 0.707. The average Bonchev–Trinajstić information content (AvgIpc) is 3.13. The third-order valence-corrected chi connectivity index (χ3v) is 10.8. The van der Waals surface area contributed by atoms with Gasteiger partial charge in [-0.15, -0.1) is 6.58 Å². The monoisotopic (exact) mass is 726 g/mol. The van der Waals surface area contributed by atoms with Crippen LogP contribution in [-0.2, 0) is 19.0 Å². The van der Waals surface area contributed by atoms with Gasteiger partial charge in [0.15, 0.2) is 0 Å². The molecule has 290 valence electrons. The predicted molar refractivity (Wildman–Crippen MR) is 199 cm³/mol. The first-order valence-corrected chi connectivity index (χ1v) is 19.5. The Morgan fingerprint density at radius 3 is 2.58 bits per heavy atom. The van der Waals surface area contributed by atoms with Crippen molar-refractivity contribution in [2.45, 2.75) is 122 Å². The van der Waals surface area contributed by atoms with Crippen LogP contribution in [0.25, 0.3) is 0 Å². The topological polar surface area (TPSA) is 140 Å². The smallest absolute Gasteiger partial charge is 0.410 e. The van der Waals surface area contributed by atoms with Crippen LogP contribution in [-0.4, -0.2) is 89.7 Å². The van der Waals surface area contributed by atoms with Crippen LogP contribution < -0.4 is 4.74 Å². The summed E-state index contributed by atoms with van der Waals surface area (Å²) >= 11 is 0. The van der Waals surface area contributed by atoms with Crippen molar-refractivity contribution in [2.75, 3.05) is 39.6 Å². The van der Waals surface area contributed by atoms with Gasteiger partial charge in [0.25, 0.3) is 0 Å². The number of rotatable bonds is 17. The summed E-state index contributed by atoms with van der Waals surface area (Å²) < 4.78 is 26.0. The van der Waals surface area contributed by atoms with E-state index in [0.717, 1.165) is 56.1 Å². The summed E-state index contributed by atoms with van der Waals surface area (Å²) in [6, 6.07) is 4.57. The van der Waals surface area contributed by atoms with Gasteiger partial charge in [-0.3, -0.25) is 4.90 Å². The third kappa shape index (κ3) is 9.14. The number of ether oxygens (including phenoxy) is 4. The number of allylic oxidation sites excluding steroid dienone is 1. The molecule has 7 atom stereocenters. The Balaban J connectivity index is 1.73. The summed E-state index contributed by atoms with van der Waals surface area (Å²) in [5, 5.41) is 35.3. The van der Waals surface area contributed by atoms with Crippen molar-refractivity contribution in [2.24, 2.45) is 28.3 Å². The van der Waals surface area contributed by atoms with Gasteiger partial charge in [-0.05, 0) is 86.0 Å². The number of fused-ring (bicyclic) bond motifs is 2. The minimum atomic E-state index is -1.36. The van der Waals surface area contributed by atoms with E-state index in [-0.39, 0.29) is 61.8 Å². The molecule has 11 heteroatoms. The molecular weight excluding hydrogens is 664 g/mol. The summed E-state index contributed by atoms with van der Waals surface area (Å²) in [5.41, 5.74) is 2.30. The number of unbranched alkanes of at least 4 members (excludes halogenated alkanes) is 2. The molecule has 3 N–H and O–H groups in total. The molecule has 1 aromatic rings. The summed E-state index contributed by atoms with van der Waals surface area (Å²) in [7, 11) is 0. The van der Waals surface area contributed by atoms with Gasteiger partial charge in [-0.25, -0.2) is 4.79 Å². The van der Waals surface area contributed by atoms with Crippen LogP contribution in [0.15, 0.2) is 47.7 Å². The number of nitrogens with zero attached hydrogens (tertiary/aromatic N) is 2. The summed E-state index contributed by atoms with van der Waals surface area (Å²) in [4.78, 5) is 22.2. The molecule has 0 bridgehead atoms. The number of benzene rings is 1. The van der Waals surface area contributed by atoms with Crippen molar-refractivity contribution >= 4 is 11.8 Å². The van der Waals surface area contributed by atoms with Crippen molar-refractivity contribution < 1.29 is 43.9 Å². The molecule has 2 heterocycles. The molecule has 2 fully saturated rings. The minimum absolute atomic E-state index is 0.0743. The van der Waals surface area contributed by atoms with Crippen LogP contribution in [0.2, 0.25) is 0 Å². The first-order valence-electron chi connectivity index (χ1n) is 19.5. The Hall–Kier alpha value is -3.12. The average molecular weight is 727 g/mol. The number of phenolic OH excluding ortho intramolecular Hbond substituents is 1. The molecule has 1 aromatic carbocycles. The number of amides is 1. The van der Waals surface area contributed by atoms with Crippen LogP contribution in [0.4, 0.5) is 4.79 Å². The van der Waals surface area contributed by atoms with Crippen LogP contribution >= 0.6 is 0 Å². The lowest BCUT2D eigenvalue weighted by molar-refractivity contribution is -0.255. The highest BCUT2D eigenvalue weighted by atomic mass is 16.8. The van der Waals surface area contributed by atoms with Crippen molar-refractivity contribution in [1.82, 2.24) is 4.90 Å². The van der Waals surface area contributed by atoms with E-state index in [1.54, 1.807) is 29.2 Å². The number of aliphatic hydroxyl groups is 2. The highest BCUT2D eigenvalue weighted by Gasteiger charge is 2.65. The lowest BCUT2D eigenvalue weighted by Crippen LogP contribution is -2.70. The number of oxime groups is 1. The molecule has 4 aliphatic rings. The van der Waals surface area contributed by atoms with Gasteiger partial charge in [0.1, 0.15) is 17.5 Å². The predicted octanol–water partition coefficient (Wildman–Crippen LogP) is 7.45. The maximum absolute atomic E-state index is 14.2. The van der Waals surface area contributed by atoms with Crippen LogP contribution in [0.3, 0.4) is 0 Å². The highest BCUT2D eigenvalue weighted by molar-refractivity contribution is 6.03. The van der Waals surface area contributed by atoms with Gasteiger partial charge in [-0.2, -0.15) is 0 Å². The molecule has 52 heavy (non-hydrogen) atoms. The molecular formula is C41H62N2O9. The van der Waals surface area contributed by atoms with Gasteiger partial charge in [-0.1, -0.05) is 57.8 Å². The Bertz CT molecular complexity index is 1400. The van der Waals surface area contributed by atoms with E-state index in [4.69, 9.17) is 28.9 Å². The van der Waals surface area contributed by atoms with Crippen molar-refractivity contribution in [1.29, 1.82) is 0 Å². The number of phenols is 1. The molecule has 2 aliphatic carbocycles. The number of hydrogen-bond donors (Lipinski definition) is 3. The summed E-state index contributed by atoms with van der Waals surface area (Å²) in [5.74, 6) is -1.10. The maximum Gasteiger partial charge on any atom is 0.410 e. The molecule has 1 saturated heterocycles. The van der Waals surface area contributed by atoms with Gasteiger partial charge in [0.05, 0.1) is 31.5 Å². The lowest BCUT2D eigenvalue weighted by atomic mass is 9.55. The Labute approximate surface area is 310 Å². The summed E-state index contributed by atoms with van der Waals surface area (Å²) in [6.45, 7) is 13.8. The Morgan fingerprint density at radius 2 is 1.90 bits per heavy atom. The molecule has 1 amide bonds. The van der Waals surface area contributed by atoms with E-state index < -0.39 is 30.1 Å². The zero-order chi connectivity index (χ0) is 37.3. The number of aliphatic hydroxyl groups excluding tert-OH is 2. The number of aromatic hydroxyl groups is 1. The Kier molecular flexibility index (Phi) is 14.1. The molecule has 0 radical (unpaired) electrons. The number of carbonyl (C=O) groups is 1. The van der Waals surface area contributed by atoms with Crippen LogP contribution in [0.1, 0.15) is 110 Å². The van der Waals surface area contributed by atoms with Gasteiger partial charge in [0.2, 0.25) is 12.1 Å². The zero-order valence-corrected chi connectivity index (χ0v) is 31.8. The highest BCUT2D eigenvalue weighted by Crippen LogP contribution is 2.62. The van der Waals surface area contributed by atoms with Crippen LogP contribution in [0, 0.1) is 23.2 Å². The van der Waals surface area contributed by atoms with E-state index in [9.17, 15) is 20.1 Å². The summed E-state index contributed by atoms with van der Waals surface area (Å²) in [6.07, 6.45) is 11.5. The number of carbonyl (C=O) groups excluding carboxylic acids is 1. The fourth-order valence-electron chi connectivity index (χ4n) is 8.55. The third-order valence-electron chi connectivity index (χ3n) is 10.8. The van der Waals surface area contributed by atoms with Gasteiger partial charge in [0, 0.05) is 44.1 Å². The van der Waals surface area contributed by atoms with Crippen molar-refractivity contribution in [3.05, 3.63) is 48.1 Å². The molecule has 1 unspecified atom stereocenters. The molecule has 2 aliphatic heterocycles. The standard InChI is InChI=1S/C41H62N2O9/c1-6-19-43(39(47)49-27-40(3,4)5)35-26-33(42-52-36-16-10-13-23-48-36)31-24-28(14-8-11-20-44)30(15-9-12-21-45)37-32-25-29(46)17-18-34(32)51-41(35,38(31)37)50-22-7-2/h7,17-18,24-25,28,30,35-38,44-46H,2,6,8-16,19-23,26-27H2,1,3-5H3/t28-,30+,35-,36?,37+,38+,41+/m0/s1. The molecule has 0 aromatic heterocycles. The normalized spacial score (nSPS) is 29.0. The van der Waals surface area contributed by atoms with E-state index in [1.807, 2.05) is 27.7 Å². The van der Waals surface area contributed by atoms with Gasteiger partial charge >= 0.3 is 6.09 Å². The zero-order valence-electron chi connectivity index (χ0n) is 31.8.